The monoisotopic (exact) mass is 268 g/mol. The largest absolute Gasteiger partial charge is 0.481 e. The first-order valence-corrected chi connectivity index (χ1v) is 5.45. The number of amides is 2. The molecule has 1 saturated heterocycles. The quantitative estimate of drug-likeness (QED) is 0.823. The molecule has 1 N–H and O–H groups in total. The molecule has 1 aliphatic rings. The van der Waals surface area contributed by atoms with Crippen LogP contribution in [0.25, 0.3) is 0 Å². The zero-order valence-corrected chi connectivity index (χ0v) is 10.1. The smallest absolute Gasteiger partial charge is 0.406 e. The third-order valence-electron chi connectivity index (χ3n) is 3.06. The minimum Gasteiger partial charge on any atom is -0.481 e. The summed E-state index contributed by atoms with van der Waals surface area (Å²) in [6.07, 6.45) is -4.19. The lowest BCUT2D eigenvalue weighted by molar-refractivity contribution is -0.143. The molecule has 1 rings (SSSR count). The zero-order chi connectivity index (χ0) is 14.1. The number of alkyl halides is 3. The van der Waals surface area contributed by atoms with Gasteiger partial charge in [-0.2, -0.15) is 13.2 Å². The Morgan fingerprint density at radius 3 is 2.39 bits per heavy atom. The van der Waals surface area contributed by atoms with Gasteiger partial charge in [0, 0.05) is 19.6 Å². The molecule has 0 aliphatic carbocycles. The molecule has 8 heteroatoms. The minimum absolute atomic E-state index is 0.166. The fourth-order valence-corrected chi connectivity index (χ4v) is 2.10. The number of aliphatic carboxylic acids is 1. The summed E-state index contributed by atoms with van der Waals surface area (Å²) in [5.74, 6) is -1.75. The van der Waals surface area contributed by atoms with Gasteiger partial charge in [0.2, 0.25) is 0 Å². The average Bonchev–Trinajstić information content (AvgIpc) is 2.56. The van der Waals surface area contributed by atoms with Crippen LogP contribution in [-0.2, 0) is 4.79 Å². The normalized spacial score (nSPS) is 24.2. The number of carboxylic acids is 1. The number of nitrogens with zero attached hydrogens (tertiary/aromatic N) is 2. The van der Waals surface area contributed by atoms with Crippen molar-refractivity contribution in [3.05, 3.63) is 0 Å². The molecule has 0 bridgehead atoms. The van der Waals surface area contributed by atoms with Gasteiger partial charge < -0.3 is 14.9 Å². The summed E-state index contributed by atoms with van der Waals surface area (Å²) in [6, 6.07) is -1.38. The number of carbonyl (C=O) groups excluding carboxylic acids is 1. The van der Waals surface area contributed by atoms with Gasteiger partial charge in [-0.25, -0.2) is 4.79 Å². The lowest BCUT2D eigenvalue weighted by Gasteiger charge is -2.29. The Morgan fingerprint density at radius 2 is 2.00 bits per heavy atom. The predicted octanol–water partition coefficient (Wildman–Crippen LogP) is 1.40. The predicted molar refractivity (Wildman–Crippen MR) is 56.0 cm³/mol. The van der Waals surface area contributed by atoms with Gasteiger partial charge >= 0.3 is 18.2 Å². The maximum Gasteiger partial charge on any atom is 0.406 e. The first-order chi connectivity index (χ1) is 8.13. The first-order valence-electron chi connectivity index (χ1n) is 5.45. The lowest BCUT2D eigenvalue weighted by Crippen LogP contribution is -2.47. The van der Waals surface area contributed by atoms with E-state index in [9.17, 15) is 22.8 Å². The van der Waals surface area contributed by atoms with Crippen molar-refractivity contribution in [3.63, 3.8) is 0 Å². The van der Waals surface area contributed by atoms with Crippen LogP contribution in [0.2, 0.25) is 0 Å². The van der Waals surface area contributed by atoms with Crippen molar-refractivity contribution in [1.29, 1.82) is 0 Å². The maximum atomic E-state index is 12.1. The molecule has 0 aromatic heterocycles. The second kappa shape index (κ2) is 5.03. The van der Waals surface area contributed by atoms with Gasteiger partial charge in [-0.05, 0) is 13.3 Å². The minimum atomic E-state index is -4.46. The van der Waals surface area contributed by atoms with Crippen LogP contribution in [0.4, 0.5) is 18.0 Å². The van der Waals surface area contributed by atoms with Crippen molar-refractivity contribution in [2.75, 3.05) is 20.1 Å². The van der Waals surface area contributed by atoms with Crippen LogP contribution in [0.5, 0.6) is 0 Å². The molecule has 0 aromatic rings. The molecule has 1 aliphatic heterocycles. The third kappa shape index (κ3) is 3.27. The van der Waals surface area contributed by atoms with E-state index in [0.717, 1.165) is 7.05 Å². The number of hydrogen-bond acceptors (Lipinski definition) is 2. The molecule has 0 aromatic carbocycles. The molecular formula is C10H15F3N2O3. The highest BCUT2D eigenvalue weighted by Crippen LogP contribution is 2.26. The van der Waals surface area contributed by atoms with E-state index in [1.54, 1.807) is 0 Å². The van der Waals surface area contributed by atoms with E-state index < -0.39 is 36.7 Å². The summed E-state index contributed by atoms with van der Waals surface area (Å²) in [5.41, 5.74) is 0. The zero-order valence-electron chi connectivity index (χ0n) is 10.1. The van der Waals surface area contributed by atoms with Crippen LogP contribution in [0.1, 0.15) is 13.3 Å². The Kier molecular flexibility index (Phi) is 4.08. The van der Waals surface area contributed by atoms with Gasteiger partial charge in [-0.1, -0.05) is 0 Å². The Hall–Kier alpha value is -1.47. The molecule has 0 spiro atoms. The molecular weight excluding hydrogens is 253 g/mol. The standard InChI is InChI=1S/C10H15F3N2O3/c1-6-7(8(16)17)3-4-15(6)9(18)14(2)5-10(11,12)13/h6-7H,3-5H2,1-2H3,(H,16,17). The number of likely N-dealkylation sites (tertiary alicyclic amines) is 1. The highest BCUT2D eigenvalue weighted by molar-refractivity contribution is 5.78. The second-order valence-corrected chi connectivity index (χ2v) is 4.42. The van der Waals surface area contributed by atoms with Crippen LogP contribution in [0, 0.1) is 5.92 Å². The Labute approximate surface area is 102 Å². The molecule has 0 radical (unpaired) electrons. The van der Waals surface area contributed by atoms with E-state index in [-0.39, 0.29) is 13.0 Å². The van der Waals surface area contributed by atoms with E-state index in [0.29, 0.717) is 4.90 Å². The van der Waals surface area contributed by atoms with Crippen LogP contribution in [-0.4, -0.2) is 59.3 Å². The van der Waals surface area contributed by atoms with Gasteiger partial charge in [-0.15, -0.1) is 0 Å². The molecule has 2 unspecified atom stereocenters. The Balaban J connectivity index is 2.66. The second-order valence-electron chi connectivity index (χ2n) is 4.42. The van der Waals surface area contributed by atoms with Crippen molar-refractivity contribution < 1.29 is 27.9 Å². The van der Waals surface area contributed by atoms with E-state index in [1.165, 1.54) is 11.8 Å². The number of hydrogen-bond donors (Lipinski definition) is 1. The molecule has 2 amide bonds. The molecule has 0 saturated carbocycles. The van der Waals surface area contributed by atoms with Crippen LogP contribution in [0.15, 0.2) is 0 Å². The van der Waals surface area contributed by atoms with Crippen LogP contribution >= 0.6 is 0 Å². The highest BCUT2D eigenvalue weighted by atomic mass is 19.4. The van der Waals surface area contributed by atoms with Crippen molar-refractivity contribution >= 4 is 12.0 Å². The molecule has 5 nitrogen and oxygen atoms in total. The Bertz CT molecular complexity index is 346. The fraction of sp³-hybridized carbons (Fsp3) is 0.800. The Morgan fingerprint density at radius 1 is 1.44 bits per heavy atom. The number of urea groups is 1. The van der Waals surface area contributed by atoms with Gasteiger partial charge in [0.05, 0.1) is 5.92 Å². The summed E-state index contributed by atoms with van der Waals surface area (Å²) in [6.45, 7) is 0.358. The van der Waals surface area contributed by atoms with Crippen molar-refractivity contribution in [2.24, 2.45) is 5.92 Å². The van der Waals surface area contributed by atoms with Gasteiger partial charge in [0.25, 0.3) is 0 Å². The van der Waals surface area contributed by atoms with Crippen molar-refractivity contribution in [1.82, 2.24) is 9.80 Å². The van der Waals surface area contributed by atoms with Gasteiger partial charge in [0.15, 0.2) is 0 Å². The molecule has 1 fully saturated rings. The summed E-state index contributed by atoms with van der Waals surface area (Å²) < 4.78 is 36.4. The topological polar surface area (TPSA) is 60.9 Å². The van der Waals surface area contributed by atoms with E-state index >= 15 is 0 Å². The summed E-state index contributed by atoms with van der Waals surface area (Å²) >= 11 is 0. The summed E-state index contributed by atoms with van der Waals surface area (Å²) in [5, 5.41) is 8.88. The number of carbonyl (C=O) groups is 2. The lowest BCUT2D eigenvalue weighted by atomic mass is 10.0. The van der Waals surface area contributed by atoms with Crippen molar-refractivity contribution in [2.45, 2.75) is 25.6 Å². The molecule has 2 atom stereocenters. The molecule has 1 heterocycles. The maximum absolute atomic E-state index is 12.1. The average molecular weight is 268 g/mol. The first kappa shape index (κ1) is 14.6. The number of halogens is 3. The van der Waals surface area contributed by atoms with E-state index in [4.69, 9.17) is 5.11 Å². The molecule has 18 heavy (non-hydrogen) atoms. The van der Waals surface area contributed by atoms with E-state index in [1.807, 2.05) is 0 Å². The van der Waals surface area contributed by atoms with E-state index in [2.05, 4.69) is 0 Å². The summed E-state index contributed by atoms with van der Waals surface area (Å²) in [4.78, 5) is 24.3. The van der Waals surface area contributed by atoms with Crippen LogP contribution < -0.4 is 0 Å². The number of rotatable bonds is 2. The van der Waals surface area contributed by atoms with Gasteiger partial charge in [0.1, 0.15) is 6.54 Å². The number of carboxylic acid groups (broad SMARTS) is 1. The summed E-state index contributed by atoms with van der Waals surface area (Å²) in [7, 11) is 1.05. The van der Waals surface area contributed by atoms with Crippen LogP contribution in [0.3, 0.4) is 0 Å². The fourth-order valence-electron chi connectivity index (χ4n) is 2.10. The van der Waals surface area contributed by atoms with Gasteiger partial charge in [-0.3, -0.25) is 4.79 Å². The third-order valence-corrected chi connectivity index (χ3v) is 3.06. The highest BCUT2D eigenvalue weighted by Gasteiger charge is 2.40. The molecule has 104 valence electrons. The SMILES string of the molecule is CC1C(C(=O)O)CCN1C(=O)N(C)CC(F)(F)F. The van der Waals surface area contributed by atoms with Crippen molar-refractivity contribution in [3.8, 4) is 0 Å².